The predicted molar refractivity (Wildman–Crippen MR) is 73.1 cm³/mol. The molecule has 2 rings (SSSR count). The molecule has 0 spiro atoms. The van der Waals surface area contributed by atoms with Crippen molar-refractivity contribution in [2.45, 2.75) is 20.0 Å². The maximum absolute atomic E-state index is 5.92. The van der Waals surface area contributed by atoms with Crippen LogP contribution in [-0.2, 0) is 0 Å². The molecule has 0 aliphatic heterocycles. The van der Waals surface area contributed by atoms with Crippen LogP contribution in [0.1, 0.15) is 25.5 Å². The van der Waals surface area contributed by atoms with Gasteiger partial charge in [0, 0.05) is 0 Å². The second kappa shape index (κ2) is 6.04. The normalized spacial score (nSPS) is 11.9. The molecule has 5 nitrogen and oxygen atoms in total. The Morgan fingerprint density at radius 1 is 1.16 bits per heavy atom. The Bertz CT molecular complexity index is 531. The van der Waals surface area contributed by atoms with Gasteiger partial charge in [0.15, 0.2) is 5.69 Å². The quantitative estimate of drug-likeness (QED) is 0.893. The molecular weight excluding hydrogens is 242 g/mol. The fourth-order valence-corrected chi connectivity index (χ4v) is 1.67. The van der Waals surface area contributed by atoms with Crippen molar-refractivity contribution in [3.05, 3.63) is 42.2 Å². The Morgan fingerprint density at radius 3 is 2.53 bits per heavy atom. The largest absolute Gasteiger partial charge is 0.476 e. The van der Waals surface area contributed by atoms with Crippen LogP contribution in [0.3, 0.4) is 0 Å². The number of rotatable bonds is 5. The molecule has 2 aromatic rings. The van der Waals surface area contributed by atoms with E-state index < -0.39 is 0 Å². The van der Waals surface area contributed by atoms with E-state index in [9.17, 15) is 0 Å². The van der Waals surface area contributed by atoms with Crippen LogP contribution in [0.2, 0.25) is 0 Å². The zero-order chi connectivity index (χ0) is 13.7. The molecule has 0 saturated carbocycles. The van der Waals surface area contributed by atoms with Crippen LogP contribution in [0.15, 0.2) is 36.7 Å². The van der Waals surface area contributed by atoms with Crippen LogP contribution < -0.4 is 15.2 Å². The first kappa shape index (κ1) is 13.1. The van der Waals surface area contributed by atoms with Crippen LogP contribution in [0.5, 0.6) is 11.8 Å². The molecule has 1 unspecified atom stereocenters. The topological polar surface area (TPSA) is 70.3 Å². The van der Waals surface area contributed by atoms with E-state index in [1.165, 1.54) is 6.33 Å². The van der Waals surface area contributed by atoms with Gasteiger partial charge in [0.2, 0.25) is 11.8 Å². The average Bonchev–Trinajstić information content (AvgIpc) is 2.44. The number of aromatic nitrogens is 2. The van der Waals surface area contributed by atoms with E-state index in [2.05, 4.69) is 9.97 Å². The number of benzene rings is 1. The van der Waals surface area contributed by atoms with Gasteiger partial charge >= 0.3 is 0 Å². The van der Waals surface area contributed by atoms with Crippen molar-refractivity contribution >= 4 is 5.69 Å². The van der Waals surface area contributed by atoms with Crippen LogP contribution in [0.25, 0.3) is 0 Å². The second-order valence-electron chi connectivity index (χ2n) is 4.00. The van der Waals surface area contributed by atoms with Gasteiger partial charge in [-0.05, 0) is 19.4 Å². The Labute approximate surface area is 112 Å². The Kier molecular flexibility index (Phi) is 4.18. The molecule has 0 amide bonds. The molecule has 0 bridgehead atoms. The number of nitrogen functional groups attached to an aromatic ring is 1. The van der Waals surface area contributed by atoms with Gasteiger partial charge in [-0.1, -0.05) is 30.3 Å². The van der Waals surface area contributed by atoms with E-state index in [1.54, 1.807) is 0 Å². The molecule has 1 aromatic carbocycles. The fourth-order valence-electron chi connectivity index (χ4n) is 1.67. The van der Waals surface area contributed by atoms with Crippen LogP contribution in [0, 0.1) is 0 Å². The standard InChI is InChI=1S/C14H17N3O2/c1-3-18-13-12(15)14(17-9-16-13)19-10(2)11-7-5-4-6-8-11/h4-10H,3,15H2,1-2H3. The highest BCUT2D eigenvalue weighted by molar-refractivity contribution is 5.55. The lowest BCUT2D eigenvalue weighted by atomic mass is 10.1. The second-order valence-corrected chi connectivity index (χ2v) is 4.00. The molecule has 0 aliphatic rings. The van der Waals surface area contributed by atoms with Crippen molar-refractivity contribution in [3.8, 4) is 11.8 Å². The summed E-state index contributed by atoms with van der Waals surface area (Å²) in [4.78, 5) is 8.02. The molecule has 19 heavy (non-hydrogen) atoms. The van der Waals surface area contributed by atoms with Crippen molar-refractivity contribution in [2.24, 2.45) is 0 Å². The van der Waals surface area contributed by atoms with Gasteiger partial charge in [0.25, 0.3) is 0 Å². The molecule has 0 saturated heterocycles. The zero-order valence-electron chi connectivity index (χ0n) is 11.0. The third kappa shape index (κ3) is 3.13. The van der Waals surface area contributed by atoms with E-state index in [0.717, 1.165) is 5.56 Å². The first-order chi connectivity index (χ1) is 9.22. The van der Waals surface area contributed by atoms with Crippen molar-refractivity contribution < 1.29 is 9.47 Å². The van der Waals surface area contributed by atoms with Crippen molar-refractivity contribution in [1.82, 2.24) is 9.97 Å². The molecule has 1 atom stereocenters. The Balaban J connectivity index is 2.17. The summed E-state index contributed by atoms with van der Waals surface area (Å²) >= 11 is 0. The molecule has 0 aliphatic carbocycles. The summed E-state index contributed by atoms with van der Waals surface area (Å²) in [6.45, 7) is 4.31. The van der Waals surface area contributed by atoms with Crippen LogP contribution in [0.4, 0.5) is 5.69 Å². The van der Waals surface area contributed by atoms with E-state index >= 15 is 0 Å². The number of hydrogen-bond acceptors (Lipinski definition) is 5. The minimum Gasteiger partial charge on any atom is -0.476 e. The molecule has 2 N–H and O–H groups in total. The number of ether oxygens (including phenoxy) is 2. The monoisotopic (exact) mass is 259 g/mol. The summed E-state index contributed by atoms with van der Waals surface area (Å²) in [5.74, 6) is 0.697. The molecule has 100 valence electrons. The highest BCUT2D eigenvalue weighted by atomic mass is 16.5. The minimum atomic E-state index is -0.145. The van der Waals surface area contributed by atoms with Gasteiger partial charge in [0.05, 0.1) is 6.61 Å². The van der Waals surface area contributed by atoms with Crippen molar-refractivity contribution in [3.63, 3.8) is 0 Å². The zero-order valence-corrected chi connectivity index (χ0v) is 11.0. The Morgan fingerprint density at radius 2 is 1.84 bits per heavy atom. The van der Waals surface area contributed by atoms with Crippen molar-refractivity contribution in [2.75, 3.05) is 12.3 Å². The molecular formula is C14H17N3O2. The SMILES string of the molecule is CCOc1ncnc(OC(C)c2ccccc2)c1N. The molecule has 0 fully saturated rings. The van der Waals surface area contributed by atoms with E-state index in [1.807, 2.05) is 44.2 Å². The lowest BCUT2D eigenvalue weighted by molar-refractivity contribution is 0.216. The van der Waals surface area contributed by atoms with Gasteiger partial charge < -0.3 is 15.2 Å². The minimum absolute atomic E-state index is 0.145. The lowest BCUT2D eigenvalue weighted by Gasteiger charge is -2.16. The summed E-state index contributed by atoms with van der Waals surface area (Å²) in [5.41, 5.74) is 7.30. The summed E-state index contributed by atoms with van der Waals surface area (Å²) in [6, 6.07) is 9.87. The van der Waals surface area contributed by atoms with E-state index in [4.69, 9.17) is 15.2 Å². The van der Waals surface area contributed by atoms with Gasteiger partial charge in [-0.2, -0.15) is 9.97 Å². The summed E-state index contributed by atoms with van der Waals surface area (Å²) in [6.07, 6.45) is 1.24. The Hall–Kier alpha value is -2.30. The first-order valence-corrected chi connectivity index (χ1v) is 6.17. The molecule has 1 aromatic heterocycles. The lowest BCUT2D eigenvalue weighted by Crippen LogP contribution is -2.08. The van der Waals surface area contributed by atoms with Gasteiger partial charge in [-0.3, -0.25) is 0 Å². The third-order valence-corrected chi connectivity index (χ3v) is 2.65. The first-order valence-electron chi connectivity index (χ1n) is 6.17. The van der Waals surface area contributed by atoms with Crippen LogP contribution in [-0.4, -0.2) is 16.6 Å². The van der Waals surface area contributed by atoms with Gasteiger partial charge in [-0.25, -0.2) is 0 Å². The van der Waals surface area contributed by atoms with Crippen LogP contribution >= 0.6 is 0 Å². The maximum Gasteiger partial charge on any atom is 0.244 e. The maximum atomic E-state index is 5.92. The highest BCUT2D eigenvalue weighted by Gasteiger charge is 2.14. The van der Waals surface area contributed by atoms with Crippen molar-refractivity contribution in [1.29, 1.82) is 0 Å². The number of nitrogens with zero attached hydrogens (tertiary/aromatic N) is 2. The number of hydrogen-bond donors (Lipinski definition) is 1. The number of nitrogens with two attached hydrogens (primary N) is 1. The van der Waals surface area contributed by atoms with E-state index in [0.29, 0.717) is 24.1 Å². The average molecular weight is 259 g/mol. The predicted octanol–water partition coefficient (Wildman–Crippen LogP) is 2.60. The van der Waals surface area contributed by atoms with E-state index in [-0.39, 0.29) is 6.10 Å². The molecule has 5 heteroatoms. The van der Waals surface area contributed by atoms with Gasteiger partial charge in [-0.15, -0.1) is 0 Å². The highest BCUT2D eigenvalue weighted by Crippen LogP contribution is 2.30. The summed E-state index contributed by atoms with van der Waals surface area (Å²) in [5, 5.41) is 0. The summed E-state index contributed by atoms with van der Waals surface area (Å²) < 4.78 is 11.1. The summed E-state index contributed by atoms with van der Waals surface area (Å²) in [7, 11) is 0. The fraction of sp³-hybridized carbons (Fsp3) is 0.286. The molecule has 0 radical (unpaired) electrons. The smallest absolute Gasteiger partial charge is 0.244 e. The third-order valence-electron chi connectivity index (χ3n) is 2.65. The van der Waals surface area contributed by atoms with Gasteiger partial charge in [0.1, 0.15) is 12.4 Å². The number of anilines is 1. The molecule has 1 heterocycles.